The average Bonchev–Trinajstić information content (AvgIpc) is 2.68. The molecule has 7 heteroatoms. The fraction of sp³-hybridized carbons (Fsp3) is 0.375. The van der Waals surface area contributed by atoms with Crippen molar-refractivity contribution in [1.29, 1.82) is 0 Å². The van der Waals surface area contributed by atoms with E-state index in [1.807, 2.05) is 0 Å². The van der Waals surface area contributed by atoms with Crippen LogP contribution in [0, 0.1) is 0 Å². The van der Waals surface area contributed by atoms with Crippen LogP contribution in [0.15, 0.2) is 16.0 Å². The first kappa shape index (κ1) is 11.4. The maximum absolute atomic E-state index is 11.6. The van der Waals surface area contributed by atoms with E-state index in [1.54, 1.807) is 24.7 Å². The van der Waals surface area contributed by atoms with E-state index in [0.29, 0.717) is 5.69 Å². The van der Waals surface area contributed by atoms with Crippen LogP contribution >= 0.6 is 11.3 Å². The van der Waals surface area contributed by atoms with Crippen LogP contribution in [-0.4, -0.2) is 27.5 Å². The fourth-order valence-electron chi connectivity index (χ4n) is 0.862. The maximum Gasteiger partial charge on any atom is 0.271 e. The lowest BCUT2D eigenvalue weighted by molar-refractivity contribution is 0.0926. The second-order valence-electron chi connectivity index (χ2n) is 3.44. The van der Waals surface area contributed by atoms with Crippen molar-refractivity contribution in [1.82, 2.24) is 10.3 Å². The Kier molecular flexibility index (Phi) is 3.25. The SMILES string of the molecule is CC(C)(NC(=O)c1cscn1)C(N)=NO. The predicted octanol–water partition coefficient (Wildman–Crippen LogP) is 0.398. The van der Waals surface area contributed by atoms with Gasteiger partial charge in [0, 0.05) is 5.38 Å². The molecule has 1 rings (SSSR count). The molecule has 0 saturated heterocycles. The molecule has 0 saturated carbocycles. The van der Waals surface area contributed by atoms with Gasteiger partial charge >= 0.3 is 0 Å². The number of hydrogen-bond acceptors (Lipinski definition) is 5. The molecule has 1 amide bonds. The van der Waals surface area contributed by atoms with Gasteiger partial charge in [-0.25, -0.2) is 4.98 Å². The van der Waals surface area contributed by atoms with Crippen molar-refractivity contribution >= 4 is 23.1 Å². The summed E-state index contributed by atoms with van der Waals surface area (Å²) in [6, 6.07) is 0. The van der Waals surface area contributed by atoms with E-state index < -0.39 is 5.54 Å². The highest BCUT2D eigenvalue weighted by Crippen LogP contribution is 2.06. The van der Waals surface area contributed by atoms with E-state index in [-0.39, 0.29) is 11.7 Å². The summed E-state index contributed by atoms with van der Waals surface area (Å²) in [5.74, 6) is -0.418. The van der Waals surface area contributed by atoms with Crippen molar-refractivity contribution in [3.63, 3.8) is 0 Å². The Bertz CT molecular complexity index is 372. The first-order valence-corrected chi connectivity index (χ1v) is 5.10. The summed E-state index contributed by atoms with van der Waals surface area (Å²) in [6.07, 6.45) is 0. The van der Waals surface area contributed by atoms with Gasteiger partial charge < -0.3 is 16.3 Å². The van der Waals surface area contributed by atoms with Crippen LogP contribution < -0.4 is 11.1 Å². The number of amidine groups is 1. The minimum Gasteiger partial charge on any atom is -0.409 e. The first-order valence-electron chi connectivity index (χ1n) is 4.16. The topological polar surface area (TPSA) is 101 Å². The molecule has 15 heavy (non-hydrogen) atoms. The lowest BCUT2D eigenvalue weighted by Crippen LogP contribution is -2.53. The molecule has 0 aliphatic heterocycles. The lowest BCUT2D eigenvalue weighted by atomic mass is 10.0. The van der Waals surface area contributed by atoms with Gasteiger partial charge in [-0.15, -0.1) is 11.3 Å². The fourth-order valence-corrected chi connectivity index (χ4v) is 1.39. The van der Waals surface area contributed by atoms with Gasteiger partial charge in [-0.05, 0) is 13.8 Å². The van der Waals surface area contributed by atoms with Crippen LogP contribution in [0.25, 0.3) is 0 Å². The molecule has 0 aromatic carbocycles. The molecule has 0 unspecified atom stereocenters. The molecular weight excluding hydrogens is 216 g/mol. The van der Waals surface area contributed by atoms with Crippen LogP contribution in [0.1, 0.15) is 24.3 Å². The van der Waals surface area contributed by atoms with Crippen LogP contribution in [-0.2, 0) is 0 Å². The molecule has 1 aromatic rings. The van der Waals surface area contributed by atoms with Gasteiger partial charge in [0.05, 0.1) is 11.0 Å². The van der Waals surface area contributed by atoms with E-state index in [2.05, 4.69) is 15.5 Å². The number of nitrogens with one attached hydrogen (secondary N) is 1. The van der Waals surface area contributed by atoms with Gasteiger partial charge in [0.25, 0.3) is 5.91 Å². The lowest BCUT2D eigenvalue weighted by Gasteiger charge is -2.23. The summed E-state index contributed by atoms with van der Waals surface area (Å²) in [5.41, 5.74) is 6.39. The normalized spacial score (nSPS) is 12.5. The van der Waals surface area contributed by atoms with Crippen molar-refractivity contribution in [2.75, 3.05) is 0 Å². The first-order chi connectivity index (χ1) is 6.97. The minimum atomic E-state index is -0.907. The van der Waals surface area contributed by atoms with Gasteiger partial charge in [-0.1, -0.05) is 5.16 Å². The molecule has 0 radical (unpaired) electrons. The Balaban J connectivity index is 2.75. The third-order valence-electron chi connectivity index (χ3n) is 1.84. The van der Waals surface area contributed by atoms with Gasteiger partial charge in [-0.2, -0.15) is 0 Å². The van der Waals surface area contributed by atoms with Crippen LogP contribution in [0.3, 0.4) is 0 Å². The van der Waals surface area contributed by atoms with Crippen LogP contribution in [0.2, 0.25) is 0 Å². The van der Waals surface area contributed by atoms with Crippen molar-refractivity contribution in [3.05, 3.63) is 16.6 Å². The van der Waals surface area contributed by atoms with E-state index in [0.717, 1.165) is 0 Å². The number of carbonyl (C=O) groups is 1. The molecule has 0 aliphatic rings. The molecule has 1 aromatic heterocycles. The number of amides is 1. The Hall–Kier alpha value is -1.63. The van der Waals surface area contributed by atoms with Crippen molar-refractivity contribution in [2.24, 2.45) is 10.9 Å². The average molecular weight is 228 g/mol. The molecule has 0 atom stereocenters. The molecule has 0 aliphatic carbocycles. The largest absolute Gasteiger partial charge is 0.409 e. The summed E-state index contributed by atoms with van der Waals surface area (Å²) < 4.78 is 0. The van der Waals surface area contributed by atoms with Gasteiger partial charge in [-0.3, -0.25) is 4.79 Å². The zero-order chi connectivity index (χ0) is 11.5. The number of aromatic nitrogens is 1. The van der Waals surface area contributed by atoms with Crippen molar-refractivity contribution in [3.8, 4) is 0 Å². The smallest absolute Gasteiger partial charge is 0.271 e. The molecule has 82 valence electrons. The highest BCUT2D eigenvalue weighted by atomic mass is 32.1. The van der Waals surface area contributed by atoms with E-state index >= 15 is 0 Å². The van der Waals surface area contributed by atoms with Crippen LogP contribution in [0.5, 0.6) is 0 Å². The summed E-state index contributed by atoms with van der Waals surface area (Å²) >= 11 is 1.33. The van der Waals surface area contributed by atoms with Gasteiger partial charge in [0.15, 0.2) is 5.84 Å². The number of hydrogen-bond donors (Lipinski definition) is 3. The molecule has 0 fully saturated rings. The van der Waals surface area contributed by atoms with Crippen molar-refractivity contribution in [2.45, 2.75) is 19.4 Å². The molecule has 6 nitrogen and oxygen atoms in total. The summed E-state index contributed by atoms with van der Waals surface area (Å²) in [5, 5.41) is 15.6. The Morgan fingerprint density at radius 2 is 2.40 bits per heavy atom. The zero-order valence-corrected chi connectivity index (χ0v) is 9.21. The summed E-state index contributed by atoms with van der Waals surface area (Å²) in [7, 11) is 0. The van der Waals surface area contributed by atoms with Gasteiger partial charge in [0.2, 0.25) is 0 Å². The number of rotatable bonds is 3. The van der Waals surface area contributed by atoms with Gasteiger partial charge in [0.1, 0.15) is 5.69 Å². The summed E-state index contributed by atoms with van der Waals surface area (Å²) in [4.78, 5) is 15.4. The monoisotopic (exact) mass is 228 g/mol. The Morgan fingerprint density at radius 3 is 2.87 bits per heavy atom. The third-order valence-corrected chi connectivity index (χ3v) is 2.43. The van der Waals surface area contributed by atoms with Crippen LogP contribution in [0.4, 0.5) is 0 Å². The van der Waals surface area contributed by atoms with E-state index in [4.69, 9.17) is 10.9 Å². The highest BCUT2D eigenvalue weighted by Gasteiger charge is 2.26. The maximum atomic E-state index is 11.6. The van der Waals surface area contributed by atoms with E-state index in [9.17, 15) is 4.79 Å². The van der Waals surface area contributed by atoms with E-state index in [1.165, 1.54) is 11.3 Å². The molecular formula is C8H12N4O2S. The van der Waals surface area contributed by atoms with Crippen molar-refractivity contribution < 1.29 is 10.0 Å². The minimum absolute atomic E-state index is 0.0638. The number of carbonyl (C=O) groups excluding carboxylic acids is 1. The highest BCUT2D eigenvalue weighted by molar-refractivity contribution is 7.07. The summed E-state index contributed by atoms with van der Waals surface area (Å²) in [6.45, 7) is 3.26. The Morgan fingerprint density at radius 1 is 1.73 bits per heavy atom. The molecule has 0 bridgehead atoms. The molecule has 1 heterocycles. The number of thiazole rings is 1. The standard InChI is InChI=1S/C8H12N4O2S/c1-8(2,7(9)12-14)11-6(13)5-3-15-4-10-5/h3-4,14H,1-2H3,(H2,9,12)(H,11,13). The molecule has 4 N–H and O–H groups in total. The second kappa shape index (κ2) is 4.26. The number of nitrogens with zero attached hydrogens (tertiary/aromatic N) is 2. The number of oxime groups is 1. The second-order valence-corrected chi connectivity index (χ2v) is 4.16. The zero-order valence-electron chi connectivity index (χ0n) is 8.39. The predicted molar refractivity (Wildman–Crippen MR) is 57.1 cm³/mol. The Labute approximate surface area is 90.8 Å². The third kappa shape index (κ3) is 2.66. The number of nitrogens with two attached hydrogens (primary N) is 1. The quantitative estimate of drug-likeness (QED) is 0.301. The molecule has 0 spiro atoms.